The van der Waals surface area contributed by atoms with Gasteiger partial charge in [0, 0.05) is 12.1 Å². The van der Waals surface area contributed by atoms with Crippen molar-refractivity contribution in [2.45, 2.75) is 31.3 Å². The van der Waals surface area contributed by atoms with Crippen LogP contribution in [0.15, 0.2) is 12.1 Å². The standard InChI is InChI=1S/C12H12FNO2/c13-9-3-7-5-10(15)14-11(7)8(4-9)6-12(16)1-2-12/h3-4,16H,1-2,5-6H2,(H,14,15). The molecule has 0 radical (unpaired) electrons. The van der Waals surface area contributed by atoms with E-state index < -0.39 is 5.60 Å². The molecule has 1 aromatic carbocycles. The average molecular weight is 221 g/mol. The van der Waals surface area contributed by atoms with E-state index in [0.717, 1.165) is 12.8 Å². The van der Waals surface area contributed by atoms with Crippen molar-refractivity contribution in [1.82, 2.24) is 0 Å². The molecule has 2 N–H and O–H groups in total. The number of carbonyl (C=O) groups is 1. The summed E-state index contributed by atoms with van der Waals surface area (Å²) in [7, 11) is 0. The lowest BCUT2D eigenvalue weighted by Crippen LogP contribution is -2.13. The number of nitrogens with one attached hydrogen (secondary N) is 1. The molecule has 1 aromatic rings. The fraction of sp³-hybridized carbons (Fsp3) is 0.417. The number of fused-ring (bicyclic) bond motifs is 1. The number of aliphatic hydroxyl groups is 1. The highest BCUT2D eigenvalue weighted by atomic mass is 19.1. The summed E-state index contributed by atoms with van der Waals surface area (Å²) in [5.74, 6) is -0.445. The van der Waals surface area contributed by atoms with Crippen molar-refractivity contribution < 1.29 is 14.3 Å². The molecule has 1 fully saturated rings. The second kappa shape index (κ2) is 3.04. The van der Waals surface area contributed by atoms with Crippen molar-refractivity contribution >= 4 is 11.6 Å². The van der Waals surface area contributed by atoms with Crippen molar-refractivity contribution in [3.05, 3.63) is 29.1 Å². The van der Waals surface area contributed by atoms with Crippen LogP contribution in [0.1, 0.15) is 24.0 Å². The molecule has 0 unspecified atom stereocenters. The van der Waals surface area contributed by atoms with Crippen LogP contribution < -0.4 is 5.32 Å². The summed E-state index contributed by atoms with van der Waals surface area (Å²) < 4.78 is 13.3. The molecule has 16 heavy (non-hydrogen) atoms. The van der Waals surface area contributed by atoms with E-state index in [1.807, 2.05) is 0 Å². The van der Waals surface area contributed by atoms with Gasteiger partial charge >= 0.3 is 0 Å². The second-order valence-electron chi connectivity index (χ2n) is 4.73. The van der Waals surface area contributed by atoms with Crippen LogP contribution >= 0.6 is 0 Å². The number of carbonyl (C=O) groups excluding carboxylic acids is 1. The molecule has 3 rings (SSSR count). The van der Waals surface area contributed by atoms with E-state index in [9.17, 15) is 14.3 Å². The van der Waals surface area contributed by atoms with E-state index in [1.165, 1.54) is 12.1 Å². The zero-order chi connectivity index (χ0) is 11.3. The van der Waals surface area contributed by atoms with Crippen molar-refractivity contribution in [3.63, 3.8) is 0 Å². The van der Waals surface area contributed by atoms with Crippen LogP contribution in [0.3, 0.4) is 0 Å². The summed E-state index contributed by atoms with van der Waals surface area (Å²) in [6, 6.07) is 2.79. The van der Waals surface area contributed by atoms with E-state index >= 15 is 0 Å². The van der Waals surface area contributed by atoms with Crippen LogP contribution in [-0.2, 0) is 17.6 Å². The van der Waals surface area contributed by atoms with Gasteiger partial charge in [0.1, 0.15) is 5.82 Å². The molecular weight excluding hydrogens is 209 g/mol. The number of hydrogen-bond acceptors (Lipinski definition) is 2. The average Bonchev–Trinajstić information content (AvgIpc) is 2.76. The minimum absolute atomic E-state index is 0.107. The summed E-state index contributed by atoms with van der Waals surface area (Å²) >= 11 is 0. The Morgan fingerprint density at radius 1 is 1.44 bits per heavy atom. The van der Waals surface area contributed by atoms with Gasteiger partial charge in [-0.1, -0.05) is 0 Å². The molecule has 2 aliphatic rings. The molecule has 0 saturated heterocycles. The van der Waals surface area contributed by atoms with E-state index in [2.05, 4.69) is 5.32 Å². The Hall–Kier alpha value is -1.42. The van der Waals surface area contributed by atoms with Crippen molar-refractivity contribution in [1.29, 1.82) is 0 Å². The smallest absolute Gasteiger partial charge is 0.228 e. The third-order valence-electron chi connectivity index (χ3n) is 3.23. The topological polar surface area (TPSA) is 49.3 Å². The van der Waals surface area contributed by atoms with Crippen LogP contribution in [0.4, 0.5) is 10.1 Å². The molecule has 1 heterocycles. The van der Waals surface area contributed by atoms with Gasteiger partial charge in [0.05, 0.1) is 12.0 Å². The van der Waals surface area contributed by atoms with Gasteiger partial charge in [-0.25, -0.2) is 4.39 Å². The van der Waals surface area contributed by atoms with Crippen LogP contribution in [-0.4, -0.2) is 16.6 Å². The zero-order valence-electron chi connectivity index (χ0n) is 8.72. The minimum atomic E-state index is -0.672. The minimum Gasteiger partial charge on any atom is -0.390 e. The third kappa shape index (κ3) is 1.59. The first-order valence-electron chi connectivity index (χ1n) is 5.39. The molecule has 0 bridgehead atoms. The number of amides is 1. The Kier molecular flexibility index (Phi) is 1.86. The zero-order valence-corrected chi connectivity index (χ0v) is 8.72. The Morgan fingerprint density at radius 2 is 2.19 bits per heavy atom. The largest absolute Gasteiger partial charge is 0.390 e. The van der Waals surface area contributed by atoms with Crippen molar-refractivity contribution in [2.75, 3.05) is 5.32 Å². The molecule has 0 aromatic heterocycles. The summed E-state index contributed by atoms with van der Waals surface area (Å²) in [5, 5.41) is 12.6. The first-order valence-corrected chi connectivity index (χ1v) is 5.39. The van der Waals surface area contributed by atoms with E-state index in [4.69, 9.17) is 0 Å². The summed E-state index contributed by atoms with van der Waals surface area (Å²) in [4.78, 5) is 11.2. The quantitative estimate of drug-likeness (QED) is 0.792. The first-order chi connectivity index (χ1) is 7.56. The summed E-state index contributed by atoms with van der Waals surface area (Å²) in [6.07, 6.45) is 2.17. The molecule has 1 aliphatic carbocycles. The fourth-order valence-corrected chi connectivity index (χ4v) is 2.20. The van der Waals surface area contributed by atoms with Gasteiger partial charge in [0.25, 0.3) is 0 Å². The lowest BCUT2D eigenvalue weighted by Gasteiger charge is -2.12. The van der Waals surface area contributed by atoms with Gasteiger partial charge in [-0.05, 0) is 36.1 Å². The van der Waals surface area contributed by atoms with E-state index in [-0.39, 0.29) is 18.1 Å². The van der Waals surface area contributed by atoms with Gasteiger partial charge in [-0.15, -0.1) is 0 Å². The molecule has 0 spiro atoms. The summed E-state index contributed by atoms with van der Waals surface area (Å²) in [5.41, 5.74) is 1.44. The number of rotatable bonds is 2. The Balaban J connectivity index is 2.01. The van der Waals surface area contributed by atoms with Gasteiger partial charge in [-0.3, -0.25) is 4.79 Å². The van der Waals surface area contributed by atoms with Gasteiger partial charge < -0.3 is 10.4 Å². The highest BCUT2D eigenvalue weighted by molar-refractivity contribution is 6.00. The molecule has 4 heteroatoms. The summed E-state index contributed by atoms with van der Waals surface area (Å²) in [6.45, 7) is 0. The Morgan fingerprint density at radius 3 is 2.88 bits per heavy atom. The van der Waals surface area contributed by atoms with Crippen LogP contribution in [0.5, 0.6) is 0 Å². The maximum Gasteiger partial charge on any atom is 0.228 e. The molecule has 1 aliphatic heterocycles. The molecule has 3 nitrogen and oxygen atoms in total. The predicted octanol–water partition coefficient (Wildman–Crippen LogP) is 1.39. The maximum atomic E-state index is 13.3. The predicted molar refractivity (Wildman–Crippen MR) is 56.6 cm³/mol. The van der Waals surface area contributed by atoms with E-state index in [0.29, 0.717) is 23.2 Å². The molecular formula is C12H12FNO2. The monoisotopic (exact) mass is 221 g/mol. The fourth-order valence-electron chi connectivity index (χ4n) is 2.20. The SMILES string of the molecule is O=C1Cc2cc(F)cc(CC3(O)CC3)c2N1. The van der Waals surface area contributed by atoms with Crippen molar-refractivity contribution in [2.24, 2.45) is 0 Å². The van der Waals surface area contributed by atoms with Crippen LogP contribution in [0.2, 0.25) is 0 Å². The lowest BCUT2D eigenvalue weighted by molar-refractivity contribution is -0.115. The van der Waals surface area contributed by atoms with Gasteiger partial charge in [-0.2, -0.15) is 0 Å². The maximum absolute atomic E-state index is 13.3. The second-order valence-corrected chi connectivity index (χ2v) is 4.73. The van der Waals surface area contributed by atoms with E-state index in [1.54, 1.807) is 0 Å². The molecule has 84 valence electrons. The first kappa shape index (κ1) is 9.78. The third-order valence-corrected chi connectivity index (χ3v) is 3.23. The Labute approximate surface area is 92.3 Å². The molecule has 1 saturated carbocycles. The number of halogens is 1. The normalized spacial score (nSPS) is 20.5. The van der Waals surface area contributed by atoms with Crippen LogP contribution in [0.25, 0.3) is 0 Å². The number of anilines is 1. The highest BCUT2D eigenvalue weighted by Crippen LogP contribution is 2.41. The highest BCUT2D eigenvalue weighted by Gasteiger charge is 2.41. The van der Waals surface area contributed by atoms with Crippen LogP contribution in [0, 0.1) is 5.82 Å². The number of hydrogen-bond donors (Lipinski definition) is 2. The van der Waals surface area contributed by atoms with Gasteiger partial charge in [0.15, 0.2) is 0 Å². The lowest BCUT2D eigenvalue weighted by atomic mass is 10.0. The number of benzene rings is 1. The van der Waals surface area contributed by atoms with Gasteiger partial charge in [0.2, 0.25) is 5.91 Å². The Bertz CT molecular complexity index is 480. The molecule has 0 atom stereocenters. The van der Waals surface area contributed by atoms with Crippen molar-refractivity contribution in [3.8, 4) is 0 Å². The molecule has 1 amide bonds.